The van der Waals surface area contributed by atoms with Crippen molar-refractivity contribution in [1.29, 1.82) is 0 Å². The van der Waals surface area contributed by atoms with Crippen LogP contribution in [0.1, 0.15) is 40.5 Å². The molecular formula is C14H29N3O2. The lowest BCUT2D eigenvalue weighted by Crippen LogP contribution is -2.53. The van der Waals surface area contributed by atoms with Crippen molar-refractivity contribution in [3.8, 4) is 0 Å². The predicted molar refractivity (Wildman–Crippen MR) is 77.1 cm³/mol. The Morgan fingerprint density at radius 1 is 1.26 bits per heavy atom. The van der Waals surface area contributed by atoms with Crippen LogP contribution in [-0.4, -0.2) is 60.3 Å². The molecular weight excluding hydrogens is 242 g/mol. The molecule has 1 rings (SSSR count). The number of hydrogen-bond donors (Lipinski definition) is 1. The molecule has 1 saturated heterocycles. The third-order valence-electron chi connectivity index (χ3n) is 3.45. The summed E-state index contributed by atoms with van der Waals surface area (Å²) in [5.74, 6) is 0. The number of carbonyl (C=O) groups excluding carboxylic acids is 1. The molecule has 1 aliphatic heterocycles. The fraction of sp³-hybridized carbons (Fsp3) is 0.929. The molecule has 0 radical (unpaired) electrons. The van der Waals surface area contributed by atoms with Crippen LogP contribution >= 0.6 is 0 Å². The second kappa shape index (κ2) is 7.10. The van der Waals surface area contributed by atoms with Crippen molar-refractivity contribution in [2.45, 2.75) is 52.2 Å². The van der Waals surface area contributed by atoms with E-state index in [0.717, 1.165) is 45.6 Å². The summed E-state index contributed by atoms with van der Waals surface area (Å²) in [6, 6.07) is 0.547. The minimum Gasteiger partial charge on any atom is -0.444 e. The van der Waals surface area contributed by atoms with Crippen molar-refractivity contribution in [2.75, 3.05) is 32.7 Å². The van der Waals surface area contributed by atoms with E-state index in [0.29, 0.717) is 6.04 Å². The fourth-order valence-electron chi connectivity index (χ4n) is 2.43. The number of nitrogens with zero attached hydrogens (tertiary/aromatic N) is 2. The summed E-state index contributed by atoms with van der Waals surface area (Å²) >= 11 is 0. The SMILES string of the molecule is CCC(CCN)N1CCN(C(=O)OC(C)(C)C)CC1. The quantitative estimate of drug-likeness (QED) is 0.845. The highest BCUT2D eigenvalue weighted by molar-refractivity contribution is 5.68. The van der Waals surface area contributed by atoms with E-state index in [9.17, 15) is 4.79 Å². The first-order chi connectivity index (χ1) is 8.87. The topological polar surface area (TPSA) is 58.8 Å². The first kappa shape index (κ1) is 16.2. The zero-order valence-corrected chi connectivity index (χ0v) is 12.8. The van der Waals surface area contributed by atoms with E-state index in [-0.39, 0.29) is 6.09 Å². The monoisotopic (exact) mass is 271 g/mol. The van der Waals surface area contributed by atoms with E-state index in [4.69, 9.17) is 10.5 Å². The second-order valence-electron chi connectivity index (χ2n) is 6.14. The summed E-state index contributed by atoms with van der Waals surface area (Å²) in [5, 5.41) is 0. The minimum absolute atomic E-state index is 0.195. The summed E-state index contributed by atoms with van der Waals surface area (Å²) < 4.78 is 5.40. The molecule has 19 heavy (non-hydrogen) atoms. The molecule has 2 N–H and O–H groups in total. The number of carbonyl (C=O) groups is 1. The summed E-state index contributed by atoms with van der Waals surface area (Å²) in [6.45, 7) is 11.9. The van der Waals surface area contributed by atoms with Crippen molar-refractivity contribution in [3.63, 3.8) is 0 Å². The van der Waals surface area contributed by atoms with Gasteiger partial charge in [-0.2, -0.15) is 0 Å². The smallest absolute Gasteiger partial charge is 0.410 e. The van der Waals surface area contributed by atoms with Gasteiger partial charge in [0.2, 0.25) is 0 Å². The average molecular weight is 271 g/mol. The number of rotatable bonds is 4. The summed E-state index contributed by atoms with van der Waals surface area (Å²) in [6.07, 6.45) is 1.95. The van der Waals surface area contributed by atoms with Crippen LogP contribution < -0.4 is 5.73 Å². The van der Waals surface area contributed by atoms with Gasteiger partial charge in [-0.15, -0.1) is 0 Å². The summed E-state index contributed by atoms with van der Waals surface area (Å²) in [4.78, 5) is 16.2. The Balaban J connectivity index is 2.42. The van der Waals surface area contributed by atoms with Gasteiger partial charge in [0, 0.05) is 32.2 Å². The van der Waals surface area contributed by atoms with Gasteiger partial charge in [0.05, 0.1) is 0 Å². The fourth-order valence-corrected chi connectivity index (χ4v) is 2.43. The average Bonchev–Trinajstić information content (AvgIpc) is 2.34. The van der Waals surface area contributed by atoms with Gasteiger partial charge in [-0.25, -0.2) is 4.79 Å². The Labute approximate surface area is 117 Å². The maximum atomic E-state index is 12.0. The minimum atomic E-state index is -0.417. The van der Waals surface area contributed by atoms with Crippen LogP contribution in [0.3, 0.4) is 0 Å². The maximum absolute atomic E-state index is 12.0. The molecule has 0 aromatic rings. The molecule has 0 spiro atoms. The van der Waals surface area contributed by atoms with Crippen LogP contribution in [0.5, 0.6) is 0 Å². The molecule has 1 heterocycles. The molecule has 5 nitrogen and oxygen atoms in total. The van der Waals surface area contributed by atoms with E-state index in [1.807, 2.05) is 20.8 Å². The van der Waals surface area contributed by atoms with E-state index in [2.05, 4.69) is 11.8 Å². The van der Waals surface area contributed by atoms with Crippen molar-refractivity contribution in [1.82, 2.24) is 9.80 Å². The lowest BCUT2D eigenvalue weighted by atomic mass is 10.1. The van der Waals surface area contributed by atoms with Crippen molar-refractivity contribution < 1.29 is 9.53 Å². The molecule has 5 heteroatoms. The van der Waals surface area contributed by atoms with Crippen molar-refractivity contribution in [2.24, 2.45) is 5.73 Å². The molecule has 1 atom stereocenters. The van der Waals surface area contributed by atoms with Crippen LogP contribution in [0.4, 0.5) is 4.79 Å². The highest BCUT2D eigenvalue weighted by atomic mass is 16.6. The van der Waals surface area contributed by atoms with Gasteiger partial charge in [-0.05, 0) is 40.2 Å². The Bertz CT molecular complexity index is 281. The van der Waals surface area contributed by atoms with Crippen LogP contribution in [0.2, 0.25) is 0 Å². The normalized spacial score (nSPS) is 19.3. The van der Waals surface area contributed by atoms with Gasteiger partial charge in [-0.1, -0.05) is 6.92 Å². The lowest BCUT2D eigenvalue weighted by molar-refractivity contribution is 0.00977. The van der Waals surface area contributed by atoms with Gasteiger partial charge < -0.3 is 15.4 Å². The molecule has 112 valence electrons. The largest absolute Gasteiger partial charge is 0.444 e. The van der Waals surface area contributed by atoms with E-state index in [1.54, 1.807) is 4.90 Å². The van der Waals surface area contributed by atoms with E-state index >= 15 is 0 Å². The first-order valence-corrected chi connectivity index (χ1v) is 7.29. The molecule has 0 aromatic heterocycles. The Morgan fingerprint density at radius 3 is 2.26 bits per heavy atom. The lowest BCUT2D eigenvalue weighted by Gasteiger charge is -2.39. The number of piperazine rings is 1. The van der Waals surface area contributed by atoms with Gasteiger partial charge in [0.1, 0.15) is 5.60 Å². The number of hydrogen-bond acceptors (Lipinski definition) is 4. The summed E-state index contributed by atoms with van der Waals surface area (Å²) in [5.41, 5.74) is 5.23. The molecule has 0 aliphatic carbocycles. The van der Waals surface area contributed by atoms with Crippen LogP contribution in [-0.2, 0) is 4.74 Å². The molecule has 0 aromatic carbocycles. The van der Waals surface area contributed by atoms with Crippen LogP contribution in [0.15, 0.2) is 0 Å². The molecule has 1 aliphatic rings. The highest BCUT2D eigenvalue weighted by Crippen LogP contribution is 2.15. The van der Waals surface area contributed by atoms with Crippen LogP contribution in [0, 0.1) is 0 Å². The molecule has 1 unspecified atom stereocenters. The zero-order chi connectivity index (χ0) is 14.5. The highest BCUT2D eigenvalue weighted by Gasteiger charge is 2.27. The number of ether oxygens (including phenoxy) is 1. The zero-order valence-electron chi connectivity index (χ0n) is 12.8. The molecule has 0 saturated carbocycles. The van der Waals surface area contributed by atoms with Gasteiger partial charge in [0.25, 0.3) is 0 Å². The third kappa shape index (κ3) is 5.37. The molecule has 1 fully saturated rings. The van der Waals surface area contributed by atoms with E-state index in [1.165, 1.54) is 0 Å². The van der Waals surface area contributed by atoms with Gasteiger partial charge in [0.15, 0.2) is 0 Å². The van der Waals surface area contributed by atoms with Gasteiger partial charge >= 0.3 is 6.09 Å². The Kier molecular flexibility index (Phi) is 6.07. The standard InChI is InChI=1S/C14H29N3O2/c1-5-12(6-7-15)16-8-10-17(11-9-16)13(18)19-14(2,3)4/h12H,5-11,15H2,1-4H3. The van der Waals surface area contributed by atoms with Crippen molar-refractivity contribution >= 4 is 6.09 Å². The molecule has 0 bridgehead atoms. The summed E-state index contributed by atoms with van der Waals surface area (Å²) in [7, 11) is 0. The van der Waals surface area contributed by atoms with Crippen LogP contribution in [0.25, 0.3) is 0 Å². The third-order valence-corrected chi connectivity index (χ3v) is 3.45. The van der Waals surface area contributed by atoms with Crippen molar-refractivity contribution in [3.05, 3.63) is 0 Å². The van der Waals surface area contributed by atoms with E-state index < -0.39 is 5.60 Å². The van der Waals surface area contributed by atoms with Gasteiger partial charge in [-0.3, -0.25) is 4.90 Å². The number of nitrogens with two attached hydrogens (primary N) is 1. The first-order valence-electron chi connectivity index (χ1n) is 7.29. The Morgan fingerprint density at radius 2 is 1.84 bits per heavy atom. The number of amides is 1. The second-order valence-corrected chi connectivity index (χ2v) is 6.14. The molecule has 1 amide bonds. The maximum Gasteiger partial charge on any atom is 0.410 e. The Hall–Kier alpha value is -0.810. The predicted octanol–water partition coefficient (Wildman–Crippen LogP) is 1.67.